The number of aromatic nitrogens is 1. The van der Waals surface area contributed by atoms with E-state index in [2.05, 4.69) is 0 Å². The Hall–Kier alpha value is -3.11. The van der Waals surface area contributed by atoms with Crippen LogP contribution in [0.2, 0.25) is 0 Å². The molecule has 2 fully saturated rings. The molecule has 3 heterocycles. The Labute approximate surface area is 217 Å². The monoisotopic (exact) mass is 527 g/mol. The van der Waals surface area contributed by atoms with Crippen molar-refractivity contribution in [2.45, 2.75) is 44.6 Å². The lowest BCUT2D eigenvalue weighted by atomic mass is 9.82. The van der Waals surface area contributed by atoms with Gasteiger partial charge in [0, 0.05) is 36.7 Å². The van der Waals surface area contributed by atoms with Crippen molar-refractivity contribution in [3.63, 3.8) is 0 Å². The number of fused-ring (bicyclic) bond motifs is 1. The third kappa shape index (κ3) is 5.04. The van der Waals surface area contributed by atoms with Crippen molar-refractivity contribution < 1.29 is 27.2 Å². The summed E-state index contributed by atoms with van der Waals surface area (Å²) in [4.78, 5) is 28.3. The molecule has 198 valence electrons. The fourth-order valence-corrected chi connectivity index (χ4v) is 5.98. The molecule has 0 spiro atoms. The van der Waals surface area contributed by atoms with Crippen LogP contribution in [0.15, 0.2) is 41.2 Å². The Kier molecular flexibility index (Phi) is 7.13. The molecule has 1 saturated carbocycles. The predicted octanol–water partition coefficient (Wildman–Crippen LogP) is 3.84. The lowest BCUT2D eigenvalue weighted by Gasteiger charge is -2.27. The first-order chi connectivity index (χ1) is 17.8. The van der Waals surface area contributed by atoms with Gasteiger partial charge < -0.3 is 18.6 Å². The molecule has 1 aromatic carbocycles. The summed E-state index contributed by atoms with van der Waals surface area (Å²) in [5, 5.41) is 0.983. The normalized spacial score (nSPS) is 17.3. The third-order valence-electron chi connectivity index (χ3n) is 7.60. The predicted molar refractivity (Wildman–Crippen MR) is 140 cm³/mol. The Morgan fingerprint density at radius 1 is 1.08 bits per heavy atom. The number of hydrogen-bond acceptors (Lipinski definition) is 6. The smallest absolute Gasteiger partial charge is 0.267 e. The highest BCUT2D eigenvalue weighted by Crippen LogP contribution is 2.44. The lowest BCUT2D eigenvalue weighted by molar-refractivity contribution is -0.135. The van der Waals surface area contributed by atoms with E-state index in [1.54, 1.807) is 29.6 Å². The maximum absolute atomic E-state index is 13.4. The average Bonchev–Trinajstić information content (AvgIpc) is 3.54. The van der Waals surface area contributed by atoms with Gasteiger partial charge in [-0.05, 0) is 42.5 Å². The number of sulfonamides is 1. The van der Waals surface area contributed by atoms with Crippen molar-refractivity contribution in [2.75, 3.05) is 39.6 Å². The van der Waals surface area contributed by atoms with Crippen LogP contribution in [0.1, 0.15) is 53.9 Å². The van der Waals surface area contributed by atoms with E-state index < -0.39 is 15.9 Å². The van der Waals surface area contributed by atoms with Gasteiger partial charge in [-0.2, -0.15) is 0 Å². The van der Waals surface area contributed by atoms with Gasteiger partial charge in [-0.25, -0.2) is 12.7 Å². The molecule has 0 N–H and O–H groups in total. The molecule has 0 atom stereocenters. The summed E-state index contributed by atoms with van der Waals surface area (Å²) in [7, 11) is -2.45. The number of carbonyl (C=O) groups is 2. The molecule has 9 nitrogen and oxygen atoms in total. The molecule has 2 aromatic heterocycles. The van der Waals surface area contributed by atoms with Crippen molar-refractivity contribution >= 4 is 32.7 Å². The first-order valence-corrected chi connectivity index (χ1v) is 14.6. The van der Waals surface area contributed by atoms with E-state index in [-0.39, 0.29) is 18.0 Å². The third-order valence-corrected chi connectivity index (χ3v) is 8.76. The van der Waals surface area contributed by atoms with E-state index in [1.165, 1.54) is 19.0 Å². The van der Waals surface area contributed by atoms with Crippen LogP contribution in [-0.2, 0) is 26.1 Å². The summed E-state index contributed by atoms with van der Waals surface area (Å²) < 4.78 is 37.7. The highest BCUT2D eigenvalue weighted by Gasteiger charge is 2.30. The molecule has 2 aliphatic rings. The molecule has 1 aliphatic carbocycles. The number of benzene rings is 1. The number of furan rings is 1. The highest BCUT2D eigenvalue weighted by molar-refractivity contribution is 7.88. The summed E-state index contributed by atoms with van der Waals surface area (Å²) in [5.41, 5.74) is 3.98. The first-order valence-electron chi connectivity index (χ1n) is 12.8. The highest BCUT2D eigenvalue weighted by atomic mass is 32.2. The standard InChI is InChI=1S/C27H33N3O6S/c1-28(37(2,33)34)27(32)20-8-9-22-23(16-20)30(17-24(31)29-11-14-35-15-12-29)26(21-10-13-36-18-21)25(22)19-6-4-3-5-7-19/h8-10,13,16,18-19H,3-7,11-12,14-15,17H2,1-2H3. The van der Waals surface area contributed by atoms with Gasteiger partial charge in [0.2, 0.25) is 15.9 Å². The Morgan fingerprint density at radius 2 is 1.81 bits per heavy atom. The molecule has 0 bridgehead atoms. The van der Waals surface area contributed by atoms with Crippen molar-refractivity contribution in [1.82, 2.24) is 13.8 Å². The van der Waals surface area contributed by atoms with Gasteiger partial charge in [-0.3, -0.25) is 9.59 Å². The minimum atomic E-state index is -3.71. The van der Waals surface area contributed by atoms with Gasteiger partial charge in [0.05, 0.1) is 43.2 Å². The van der Waals surface area contributed by atoms with Gasteiger partial charge >= 0.3 is 0 Å². The number of morpholine rings is 1. The van der Waals surface area contributed by atoms with Crippen LogP contribution in [0, 0.1) is 0 Å². The van der Waals surface area contributed by atoms with Crippen LogP contribution < -0.4 is 0 Å². The summed E-state index contributed by atoms with van der Waals surface area (Å²) in [6, 6.07) is 7.22. The molecule has 10 heteroatoms. The molecular weight excluding hydrogens is 494 g/mol. The van der Waals surface area contributed by atoms with Crippen LogP contribution in [0.25, 0.3) is 22.2 Å². The fourth-order valence-electron chi connectivity index (χ4n) is 5.57. The van der Waals surface area contributed by atoms with E-state index in [0.717, 1.165) is 58.4 Å². The minimum absolute atomic E-state index is 0.0230. The van der Waals surface area contributed by atoms with E-state index in [9.17, 15) is 18.0 Å². The van der Waals surface area contributed by atoms with Crippen molar-refractivity contribution in [3.05, 3.63) is 47.9 Å². The molecule has 1 aliphatic heterocycles. The van der Waals surface area contributed by atoms with Gasteiger partial charge in [0.15, 0.2) is 0 Å². The van der Waals surface area contributed by atoms with Gasteiger partial charge in [-0.1, -0.05) is 25.3 Å². The van der Waals surface area contributed by atoms with Gasteiger partial charge in [0.1, 0.15) is 6.54 Å². The molecule has 3 aromatic rings. The van der Waals surface area contributed by atoms with E-state index in [4.69, 9.17) is 9.15 Å². The second-order valence-electron chi connectivity index (χ2n) is 9.96. The van der Waals surface area contributed by atoms with Crippen LogP contribution in [0.4, 0.5) is 0 Å². The SMILES string of the molecule is CN(C(=O)c1ccc2c(C3CCCCC3)c(-c3ccoc3)n(CC(=O)N3CCOCC3)c2c1)S(C)(=O)=O. The first kappa shape index (κ1) is 25.5. The summed E-state index contributed by atoms with van der Waals surface area (Å²) in [5.74, 6) is -0.313. The Balaban J connectivity index is 1.69. The number of carbonyl (C=O) groups excluding carboxylic acids is 2. The Bertz CT molecular complexity index is 1400. The molecule has 0 radical (unpaired) electrons. The van der Waals surface area contributed by atoms with E-state index in [1.807, 2.05) is 16.7 Å². The number of ether oxygens (including phenoxy) is 1. The topological polar surface area (TPSA) is 102 Å². The molecule has 0 unspecified atom stereocenters. The molecule has 5 rings (SSSR count). The summed E-state index contributed by atoms with van der Waals surface area (Å²) >= 11 is 0. The zero-order valence-corrected chi connectivity index (χ0v) is 22.1. The Morgan fingerprint density at radius 3 is 2.46 bits per heavy atom. The van der Waals surface area contributed by atoms with Crippen molar-refractivity contribution in [1.29, 1.82) is 0 Å². The largest absolute Gasteiger partial charge is 0.472 e. The molecule has 2 amide bonds. The maximum atomic E-state index is 13.4. The molecule has 37 heavy (non-hydrogen) atoms. The van der Waals surface area contributed by atoms with Crippen LogP contribution in [0.3, 0.4) is 0 Å². The van der Waals surface area contributed by atoms with Crippen LogP contribution in [0.5, 0.6) is 0 Å². The minimum Gasteiger partial charge on any atom is -0.472 e. The second kappa shape index (κ2) is 10.3. The zero-order valence-electron chi connectivity index (χ0n) is 21.3. The maximum Gasteiger partial charge on any atom is 0.267 e. The average molecular weight is 528 g/mol. The fraction of sp³-hybridized carbons (Fsp3) is 0.481. The summed E-state index contributed by atoms with van der Waals surface area (Å²) in [6.07, 6.45) is 9.93. The molecular formula is C27H33N3O6S. The number of rotatable bonds is 6. The van der Waals surface area contributed by atoms with Gasteiger partial charge in [0.25, 0.3) is 5.91 Å². The zero-order chi connectivity index (χ0) is 26.2. The van der Waals surface area contributed by atoms with Crippen LogP contribution >= 0.6 is 0 Å². The van der Waals surface area contributed by atoms with Crippen molar-refractivity contribution in [2.24, 2.45) is 0 Å². The number of nitrogens with zero attached hydrogens (tertiary/aromatic N) is 3. The molecule has 1 saturated heterocycles. The summed E-state index contributed by atoms with van der Waals surface area (Å²) in [6.45, 7) is 2.20. The van der Waals surface area contributed by atoms with E-state index >= 15 is 0 Å². The number of hydrogen-bond donors (Lipinski definition) is 0. The second-order valence-corrected chi connectivity index (χ2v) is 12.0. The number of amides is 2. The van der Waals surface area contributed by atoms with Crippen LogP contribution in [-0.4, -0.2) is 73.6 Å². The van der Waals surface area contributed by atoms with E-state index in [0.29, 0.717) is 32.2 Å². The quantitative estimate of drug-likeness (QED) is 0.483. The lowest BCUT2D eigenvalue weighted by Crippen LogP contribution is -2.42. The van der Waals surface area contributed by atoms with Crippen molar-refractivity contribution in [3.8, 4) is 11.3 Å². The van der Waals surface area contributed by atoms with Gasteiger partial charge in [-0.15, -0.1) is 0 Å².